The largest absolute Gasteiger partial charge is 0.496 e. The summed E-state index contributed by atoms with van der Waals surface area (Å²) in [5.41, 5.74) is 2.52. The third kappa shape index (κ3) is 4.08. The molecule has 4 aromatic rings. The van der Waals surface area contributed by atoms with E-state index in [-0.39, 0.29) is 12.6 Å². The van der Waals surface area contributed by atoms with Crippen molar-refractivity contribution < 1.29 is 19.0 Å². The molecule has 3 aromatic heterocycles. The molecular weight excluding hydrogens is 468 g/mol. The van der Waals surface area contributed by atoms with Gasteiger partial charge < -0.3 is 14.2 Å². The van der Waals surface area contributed by atoms with Crippen molar-refractivity contribution in [2.75, 3.05) is 20.8 Å². The number of methoxy groups -OCH3 is 2. The van der Waals surface area contributed by atoms with Crippen LogP contribution in [0.1, 0.15) is 22.8 Å². The van der Waals surface area contributed by atoms with Gasteiger partial charge >= 0.3 is 5.97 Å². The van der Waals surface area contributed by atoms with E-state index in [2.05, 4.69) is 36.1 Å². The minimum Gasteiger partial charge on any atom is -0.496 e. The first-order valence-corrected chi connectivity index (χ1v) is 10.2. The lowest BCUT2D eigenvalue weighted by Crippen LogP contribution is -2.07. The van der Waals surface area contributed by atoms with E-state index in [0.717, 1.165) is 15.8 Å². The topological polar surface area (TPSA) is 106 Å². The van der Waals surface area contributed by atoms with Gasteiger partial charge in [-0.25, -0.2) is 14.5 Å². The molecule has 11 heteroatoms. The van der Waals surface area contributed by atoms with Gasteiger partial charge in [-0.3, -0.25) is 4.68 Å². The van der Waals surface area contributed by atoms with Crippen LogP contribution in [0, 0.1) is 0 Å². The normalized spacial score (nSPS) is 11.0. The van der Waals surface area contributed by atoms with Crippen molar-refractivity contribution in [1.29, 1.82) is 0 Å². The Labute approximate surface area is 185 Å². The maximum atomic E-state index is 11.9. The molecule has 0 N–H and O–H groups in total. The number of carbonyl (C=O) groups excluding carboxylic acids is 1. The molecule has 3 heterocycles. The number of hydrogen-bond donors (Lipinski definition) is 0. The Morgan fingerprint density at radius 2 is 1.97 bits per heavy atom. The first-order chi connectivity index (χ1) is 15.0. The molecule has 160 valence electrons. The lowest BCUT2D eigenvalue weighted by Gasteiger charge is -2.10. The van der Waals surface area contributed by atoms with Crippen molar-refractivity contribution in [2.24, 2.45) is 0 Å². The summed E-state index contributed by atoms with van der Waals surface area (Å²) in [4.78, 5) is 20.9. The first-order valence-electron chi connectivity index (χ1n) is 9.36. The number of carbonyl (C=O) groups is 1. The van der Waals surface area contributed by atoms with Crippen LogP contribution in [0.4, 0.5) is 0 Å². The van der Waals surface area contributed by atoms with Crippen LogP contribution in [0.2, 0.25) is 0 Å². The third-order valence-electron chi connectivity index (χ3n) is 4.48. The molecular formula is C20H19BrN6O4. The standard InChI is InChI=1S/C20H19BrN6O4/c1-4-31-19(28)13-8-22-27(11-13)20-24-15-9-23-26(17(15)18(25-20)30-3)10-12-5-6-14(21)16(7-12)29-2/h5-9,11H,4,10H2,1-3H3. The van der Waals surface area contributed by atoms with Gasteiger partial charge in [-0.2, -0.15) is 15.2 Å². The maximum absolute atomic E-state index is 11.9. The molecule has 0 aliphatic carbocycles. The highest BCUT2D eigenvalue weighted by Crippen LogP contribution is 2.28. The Balaban J connectivity index is 1.70. The highest BCUT2D eigenvalue weighted by molar-refractivity contribution is 9.10. The second-order valence-corrected chi connectivity index (χ2v) is 7.29. The minimum absolute atomic E-state index is 0.254. The summed E-state index contributed by atoms with van der Waals surface area (Å²) in [7, 11) is 3.15. The Kier molecular flexibility index (Phi) is 5.85. The first kappa shape index (κ1) is 20.8. The summed E-state index contributed by atoms with van der Waals surface area (Å²) in [5.74, 6) is 0.870. The van der Waals surface area contributed by atoms with E-state index in [9.17, 15) is 4.79 Å². The predicted molar refractivity (Wildman–Crippen MR) is 115 cm³/mol. The Morgan fingerprint density at radius 3 is 2.71 bits per heavy atom. The molecule has 0 fully saturated rings. The van der Waals surface area contributed by atoms with Gasteiger partial charge in [0.1, 0.15) is 16.8 Å². The van der Waals surface area contributed by atoms with E-state index in [4.69, 9.17) is 14.2 Å². The molecule has 0 radical (unpaired) electrons. The summed E-state index contributed by atoms with van der Waals surface area (Å²) in [6.07, 6.45) is 4.55. The van der Waals surface area contributed by atoms with E-state index < -0.39 is 5.97 Å². The number of rotatable bonds is 7. The van der Waals surface area contributed by atoms with E-state index in [1.54, 1.807) is 24.9 Å². The second-order valence-electron chi connectivity index (χ2n) is 6.43. The maximum Gasteiger partial charge on any atom is 0.341 e. The van der Waals surface area contributed by atoms with Crippen molar-refractivity contribution in [1.82, 2.24) is 29.5 Å². The molecule has 1 aromatic carbocycles. The fourth-order valence-corrected chi connectivity index (χ4v) is 3.45. The highest BCUT2D eigenvalue weighted by Gasteiger charge is 2.18. The SMILES string of the molecule is CCOC(=O)c1cnn(-c2nc(OC)c3c(cnn3Cc3ccc(Br)c(OC)c3)n2)c1. The summed E-state index contributed by atoms with van der Waals surface area (Å²) in [6, 6.07) is 5.83. The Hall–Kier alpha value is -3.47. The van der Waals surface area contributed by atoms with Crippen molar-refractivity contribution in [3.05, 3.63) is 52.4 Å². The Morgan fingerprint density at radius 1 is 1.13 bits per heavy atom. The second kappa shape index (κ2) is 8.72. The van der Waals surface area contributed by atoms with E-state index >= 15 is 0 Å². The van der Waals surface area contributed by atoms with Crippen LogP contribution >= 0.6 is 15.9 Å². The van der Waals surface area contributed by atoms with Gasteiger partial charge in [0.15, 0.2) is 0 Å². The quantitative estimate of drug-likeness (QED) is 0.367. The summed E-state index contributed by atoms with van der Waals surface area (Å²) in [6.45, 7) is 2.50. The zero-order valence-electron chi connectivity index (χ0n) is 17.1. The number of aromatic nitrogens is 6. The van der Waals surface area contributed by atoms with Gasteiger partial charge in [-0.05, 0) is 40.5 Å². The van der Waals surface area contributed by atoms with Gasteiger partial charge in [0.2, 0.25) is 5.88 Å². The van der Waals surface area contributed by atoms with Gasteiger partial charge in [0.05, 0.1) is 49.8 Å². The molecule has 0 aliphatic heterocycles. The molecule has 10 nitrogen and oxygen atoms in total. The molecule has 0 aliphatic rings. The fourth-order valence-electron chi connectivity index (χ4n) is 3.05. The predicted octanol–water partition coefficient (Wildman–Crippen LogP) is 3.02. The van der Waals surface area contributed by atoms with Crippen LogP contribution in [-0.2, 0) is 11.3 Å². The van der Waals surface area contributed by atoms with Crippen molar-refractivity contribution >= 4 is 32.9 Å². The van der Waals surface area contributed by atoms with Gasteiger partial charge in [0.25, 0.3) is 5.95 Å². The number of nitrogens with zero attached hydrogens (tertiary/aromatic N) is 6. The zero-order valence-corrected chi connectivity index (χ0v) is 18.7. The van der Waals surface area contributed by atoms with E-state index in [1.165, 1.54) is 24.2 Å². The highest BCUT2D eigenvalue weighted by atomic mass is 79.9. The van der Waals surface area contributed by atoms with Gasteiger partial charge in [0, 0.05) is 6.20 Å². The lowest BCUT2D eigenvalue weighted by atomic mass is 10.2. The van der Waals surface area contributed by atoms with E-state index in [0.29, 0.717) is 29.0 Å². The monoisotopic (exact) mass is 486 g/mol. The van der Waals surface area contributed by atoms with Crippen LogP contribution in [0.15, 0.2) is 41.3 Å². The molecule has 0 saturated heterocycles. The molecule has 0 atom stereocenters. The third-order valence-corrected chi connectivity index (χ3v) is 5.14. The molecule has 0 unspecified atom stereocenters. The van der Waals surface area contributed by atoms with Crippen LogP contribution in [0.25, 0.3) is 17.0 Å². The molecule has 4 rings (SSSR count). The summed E-state index contributed by atoms with van der Waals surface area (Å²) < 4.78 is 19.9. The lowest BCUT2D eigenvalue weighted by molar-refractivity contribution is 0.0526. The molecule has 31 heavy (non-hydrogen) atoms. The molecule has 0 amide bonds. The number of halogens is 1. The van der Waals surface area contributed by atoms with Crippen molar-refractivity contribution in [2.45, 2.75) is 13.5 Å². The van der Waals surface area contributed by atoms with Crippen LogP contribution in [0.3, 0.4) is 0 Å². The Bertz CT molecular complexity index is 1250. The van der Waals surface area contributed by atoms with Crippen molar-refractivity contribution in [3.63, 3.8) is 0 Å². The van der Waals surface area contributed by atoms with Crippen molar-refractivity contribution in [3.8, 4) is 17.6 Å². The van der Waals surface area contributed by atoms with Crippen LogP contribution < -0.4 is 9.47 Å². The number of fused-ring (bicyclic) bond motifs is 1. The molecule has 0 bridgehead atoms. The minimum atomic E-state index is -0.459. The average molecular weight is 487 g/mol. The van der Waals surface area contributed by atoms with Crippen LogP contribution in [-0.4, -0.2) is 56.3 Å². The number of hydrogen-bond acceptors (Lipinski definition) is 8. The summed E-state index contributed by atoms with van der Waals surface area (Å²) >= 11 is 3.46. The average Bonchev–Trinajstić information content (AvgIpc) is 3.42. The summed E-state index contributed by atoms with van der Waals surface area (Å²) in [5, 5.41) is 8.61. The molecule has 0 saturated carbocycles. The number of benzene rings is 1. The molecule has 0 spiro atoms. The number of ether oxygens (including phenoxy) is 3. The smallest absolute Gasteiger partial charge is 0.341 e. The zero-order chi connectivity index (χ0) is 22.0. The van der Waals surface area contributed by atoms with Crippen LogP contribution in [0.5, 0.6) is 11.6 Å². The number of esters is 1. The van der Waals surface area contributed by atoms with Gasteiger partial charge in [-0.15, -0.1) is 0 Å². The fraction of sp³-hybridized carbons (Fsp3) is 0.250. The van der Waals surface area contributed by atoms with E-state index in [1.807, 2.05) is 18.2 Å². The van der Waals surface area contributed by atoms with Gasteiger partial charge in [-0.1, -0.05) is 6.07 Å².